The van der Waals surface area contributed by atoms with E-state index in [1.165, 1.54) is 115 Å². The molecule has 1 fully saturated rings. The molecule has 270 valence electrons. The third kappa shape index (κ3) is 6.44. The molecule has 8 aromatic carbocycles. The van der Waals surface area contributed by atoms with Crippen molar-refractivity contribution in [2.45, 2.75) is 44.1 Å². The molecule has 1 heteroatoms. The normalized spacial score (nSPS) is 13.9. The largest absolute Gasteiger partial charge is 0.337 e. The second kappa shape index (κ2) is 15.0. The Labute approximate surface area is 330 Å². The van der Waals surface area contributed by atoms with Gasteiger partial charge in [-0.15, -0.1) is 0 Å². The minimum Gasteiger partial charge on any atom is -0.337 e. The van der Waals surface area contributed by atoms with Crippen LogP contribution in [-0.4, -0.2) is 4.57 Å². The van der Waals surface area contributed by atoms with Crippen molar-refractivity contribution in [3.63, 3.8) is 0 Å². The fourth-order valence-corrected chi connectivity index (χ4v) is 9.32. The molecule has 0 aliphatic heterocycles. The lowest BCUT2D eigenvalue weighted by Gasteiger charge is -2.25. The number of aromatic nitrogens is 1. The topological polar surface area (TPSA) is 4.93 Å². The number of para-hydroxylation sites is 1. The summed E-state index contributed by atoms with van der Waals surface area (Å²) in [6.45, 7) is 0. The number of fused-ring (bicyclic) bond motifs is 3. The van der Waals surface area contributed by atoms with E-state index in [0.29, 0.717) is 6.04 Å². The van der Waals surface area contributed by atoms with Gasteiger partial charge < -0.3 is 4.57 Å². The van der Waals surface area contributed by atoms with Crippen molar-refractivity contribution >= 4 is 21.8 Å². The monoisotopic (exact) mass is 719 g/mol. The molecule has 1 atom stereocenters. The van der Waals surface area contributed by atoms with E-state index in [9.17, 15) is 0 Å². The van der Waals surface area contributed by atoms with Gasteiger partial charge in [-0.3, -0.25) is 0 Å². The smallest absolute Gasteiger partial charge is 0.0494 e. The van der Waals surface area contributed by atoms with Crippen molar-refractivity contribution in [1.82, 2.24) is 4.57 Å². The molecule has 1 heterocycles. The van der Waals surface area contributed by atoms with Gasteiger partial charge >= 0.3 is 0 Å². The Morgan fingerprint density at radius 1 is 0.339 bits per heavy atom. The molecule has 1 nitrogen and oxygen atoms in total. The van der Waals surface area contributed by atoms with Crippen LogP contribution < -0.4 is 0 Å². The van der Waals surface area contributed by atoms with Crippen LogP contribution in [-0.2, 0) is 0 Å². The van der Waals surface area contributed by atoms with Crippen molar-refractivity contribution in [3.05, 3.63) is 217 Å². The van der Waals surface area contributed by atoms with Gasteiger partial charge in [0.2, 0.25) is 0 Å². The molecule has 1 aliphatic carbocycles. The van der Waals surface area contributed by atoms with Crippen LogP contribution in [0.3, 0.4) is 0 Å². The van der Waals surface area contributed by atoms with E-state index in [1.807, 2.05) is 0 Å². The Balaban J connectivity index is 0.949. The average Bonchev–Trinajstić information content (AvgIpc) is 3.62. The first kappa shape index (κ1) is 34.1. The summed E-state index contributed by atoms with van der Waals surface area (Å²) in [5.74, 6) is 0.140. The molecule has 56 heavy (non-hydrogen) atoms. The molecule has 1 unspecified atom stereocenters. The minimum absolute atomic E-state index is 0.140. The predicted molar refractivity (Wildman–Crippen MR) is 237 cm³/mol. The molecule has 1 aromatic heterocycles. The van der Waals surface area contributed by atoms with Crippen LogP contribution in [0, 0.1) is 0 Å². The lowest BCUT2D eigenvalue weighted by atomic mass is 9.83. The van der Waals surface area contributed by atoms with Gasteiger partial charge in [-0.05, 0) is 92.2 Å². The Hall–Kier alpha value is -6.44. The highest BCUT2D eigenvalue weighted by Gasteiger charge is 2.21. The molecule has 9 aromatic rings. The highest BCUT2D eigenvalue weighted by Crippen LogP contribution is 2.41. The fourth-order valence-electron chi connectivity index (χ4n) is 9.32. The third-order valence-corrected chi connectivity index (χ3v) is 12.1. The molecule has 0 amide bonds. The Kier molecular flexibility index (Phi) is 9.13. The predicted octanol–water partition coefficient (Wildman–Crippen LogP) is 15.1. The zero-order valence-electron chi connectivity index (χ0n) is 31.7. The third-order valence-electron chi connectivity index (χ3n) is 12.1. The summed E-state index contributed by atoms with van der Waals surface area (Å²) in [6, 6.07) is 74.5. The van der Waals surface area contributed by atoms with Crippen LogP contribution in [0.15, 0.2) is 200 Å². The molecular formula is C55H45N. The molecule has 0 saturated heterocycles. The number of nitrogens with zero attached hydrogens (tertiary/aromatic N) is 1. The van der Waals surface area contributed by atoms with Crippen molar-refractivity contribution < 1.29 is 0 Å². The van der Waals surface area contributed by atoms with E-state index in [2.05, 4.69) is 205 Å². The fraction of sp³-hybridized carbons (Fsp3) is 0.127. The Morgan fingerprint density at radius 2 is 0.786 bits per heavy atom. The van der Waals surface area contributed by atoms with E-state index >= 15 is 0 Å². The van der Waals surface area contributed by atoms with E-state index < -0.39 is 0 Å². The molecule has 10 rings (SSSR count). The second-order valence-electron chi connectivity index (χ2n) is 15.5. The molecule has 0 radical (unpaired) electrons. The lowest BCUT2D eigenvalue weighted by Crippen LogP contribution is -2.12. The van der Waals surface area contributed by atoms with Gasteiger partial charge in [0.1, 0.15) is 0 Å². The van der Waals surface area contributed by atoms with Crippen LogP contribution in [0.4, 0.5) is 0 Å². The zero-order valence-corrected chi connectivity index (χ0v) is 31.7. The number of benzene rings is 8. The molecule has 1 aliphatic rings. The first-order valence-corrected chi connectivity index (χ1v) is 20.3. The van der Waals surface area contributed by atoms with Crippen molar-refractivity contribution in [2.75, 3.05) is 0 Å². The first-order valence-electron chi connectivity index (χ1n) is 20.3. The molecular weight excluding hydrogens is 675 g/mol. The van der Waals surface area contributed by atoms with Crippen molar-refractivity contribution in [1.29, 1.82) is 0 Å². The van der Waals surface area contributed by atoms with E-state index in [1.54, 1.807) is 0 Å². The number of rotatable bonds is 8. The first-order chi connectivity index (χ1) is 27.8. The molecule has 1 saturated carbocycles. The summed E-state index contributed by atoms with van der Waals surface area (Å²) < 4.78 is 2.64. The van der Waals surface area contributed by atoms with E-state index in [4.69, 9.17) is 0 Å². The maximum Gasteiger partial charge on any atom is 0.0494 e. The number of hydrogen-bond acceptors (Lipinski definition) is 0. The SMILES string of the molecule is c1ccc(-c2ccc(C(c3ccccc3)c3ccc(-c4ccccc4-c4ccc(-c5ccc6c(c5)c5ccccc5n6C5CCCCC5)cc4)cc3)cc2)cc1. The van der Waals surface area contributed by atoms with Crippen molar-refractivity contribution in [3.8, 4) is 44.5 Å². The van der Waals surface area contributed by atoms with Crippen LogP contribution in [0.1, 0.15) is 60.8 Å². The summed E-state index contributed by atoms with van der Waals surface area (Å²) in [5.41, 5.74) is 16.5. The molecule has 0 N–H and O–H groups in total. The van der Waals surface area contributed by atoms with Gasteiger partial charge in [-0.1, -0.05) is 201 Å². The average molecular weight is 720 g/mol. The Morgan fingerprint density at radius 3 is 1.45 bits per heavy atom. The summed E-state index contributed by atoms with van der Waals surface area (Å²) in [4.78, 5) is 0. The van der Waals surface area contributed by atoms with Gasteiger partial charge in [0.25, 0.3) is 0 Å². The number of hydrogen-bond donors (Lipinski definition) is 0. The minimum atomic E-state index is 0.140. The maximum atomic E-state index is 2.64. The van der Waals surface area contributed by atoms with Gasteiger partial charge in [0, 0.05) is 33.8 Å². The van der Waals surface area contributed by atoms with Gasteiger partial charge in [-0.2, -0.15) is 0 Å². The highest BCUT2D eigenvalue weighted by molar-refractivity contribution is 6.09. The van der Waals surface area contributed by atoms with Crippen molar-refractivity contribution in [2.24, 2.45) is 0 Å². The summed E-state index contributed by atoms with van der Waals surface area (Å²) in [7, 11) is 0. The quantitative estimate of drug-likeness (QED) is 0.138. The maximum absolute atomic E-state index is 2.64. The molecule has 0 bridgehead atoms. The van der Waals surface area contributed by atoms with Crippen LogP contribution >= 0.6 is 0 Å². The summed E-state index contributed by atoms with van der Waals surface area (Å²) in [5, 5.41) is 2.72. The summed E-state index contributed by atoms with van der Waals surface area (Å²) >= 11 is 0. The molecule has 0 spiro atoms. The Bertz CT molecular complexity index is 2730. The van der Waals surface area contributed by atoms with Crippen LogP contribution in [0.5, 0.6) is 0 Å². The van der Waals surface area contributed by atoms with Gasteiger partial charge in [0.15, 0.2) is 0 Å². The highest BCUT2D eigenvalue weighted by atomic mass is 15.0. The van der Waals surface area contributed by atoms with Gasteiger partial charge in [0.05, 0.1) is 0 Å². The van der Waals surface area contributed by atoms with Gasteiger partial charge in [-0.25, -0.2) is 0 Å². The second-order valence-corrected chi connectivity index (χ2v) is 15.5. The zero-order chi connectivity index (χ0) is 37.3. The van der Waals surface area contributed by atoms with Crippen LogP contribution in [0.25, 0.3) is 66.3 Å². The van der Waals surface area contributed by atoms with E-state index in [-0.39, 0.29) is 5.92 Å². The lowest BCUT2D eigenvalue weighted by molar-refractivity contribution is 0.367. The van der Waals surface area contributed by atoms with E-state index in [0.717, 1.165) is 0 Å². The van der Waals surface area contributed by atoms with Crippen LogP contribution in [0.2, 0.25) is 0 Å². The standard InChI is InChI=1S/C55H45N/c1-4-14-39(15-5-1)40-26-32-45(33-27-40)55(44-16-6-2-7-17-44)46-34-30-43(31-35-46)50-21-11-10-20-49(50)42-28-24-41(25-29-42)47-36-37-54-52(38-47)51-22-12-13-23-53(51)56(54)48-18-8-3-9-19-48/h1-2,4-7,10-17,20-38,48,55H,3,8-9,18-19H2. The summed E-state index contributed by atoms with van der Waals surface area (Å²) in [6.07, 6.45) is 6.58.